The third-order valence-electron chi connectivity index (χ3n) is 2.15. The van der Waals surface area contributed by atoms with Gasteiger partial charge in [-0.05, 0) is 6.92 Å². The molecule has 0 aromatic rings. The molecule has 1 heterocycles. The van der Waals surface area contributed by atoms with E-state index >= 15 is 0 Å². The van der Waals surface area contributed by atoms with Crippen molar-refractivity contribution in [2.75, 3.05) is 19.8 Å². The van der Waals surface area contributed by atoms with Crippen molar-refractivity contribution < 1.29 is 24.2 Å². The zero-order chi connectivity index (χ0) is 11.5. The third kappa shape index (κ3) is 2.10. The van der Waals surface area contributed by atoms with Crippen molar-refractivity contribution in [1.29, 1.82) is 0 Å². The highest BCUT2D eigenvalue weighted by Gasteiger charge is 2.48. The Hall–Kier alpha value is -1.56. The first-order valence-corrected chi connectivity index (χ1v) is 4.45. The summed E-state index contributed by atoms with van der Waals surface area (Å²) in [4.78, 5) is 23.4. The molecule has 0 aliphatic carbocycles. The summed E-state index contributed by atoms with van der Waals surface area (Å²) < 4.78 is 9.76. The number of hydrogen-bond acceptors (Lipinski definition) is 4. The molecule has 15 heavy (non-hydrogen) atoms. The van der Waals surface area contributed by atoms with Gasteiger partial charge in [0.15, 0.2) is 0 Å². The zero-order valence-electron chi connectivity index (χ0n) is 8.43. The van der Waals surface area contributed by atoms with Gasteiger partial charge in [-0.2, -0.15) is 0 Å². The van der Waals surface area contributed by atoms with E-state index in [-0.39, 0.29) is 19.8 Å². The number of ether oxygens (including phenoxy) is 2. The topological polar surface area (TPSA) is 76.1 Å². The van der Waals surface area contributed by atoms with E-state index in [1.165, 1.54) is 13.0 Å². The number of carboxylic acid groups (broad SMARTS) is 1. The van der Waals surface area contributed by atoms with Crippen molar-refractivity contribution in [3.63, 3.8) is 0 Å². The summed E-state index contributed by atoms with van der Waals surface area (Å²) >= 11 is 0. The lowest BCUT2D eigenvalue weighted by Crippen LogP contribution is -2.51. The van der Waals surface area contributed by atoms with Crippen LogP contribution in [0, 0.1) is 0 Å². The molecule has 1 rings (SSSR count). The quantitative estimate of drug-likeness (QED) is 0.691. The highest BCUT2D eigenvalue weighted by atomic mass is 16.6. The van der Waals surface area contributed by atoms with Crippen LogP contribution in [0.4, 0.5) is 4.79 Å². The second-order valence-corrected chi connectivity index (χ2v) is 3.15. The Balaban J connectivity index is 2.72. The molecule has 1 amide bonds. The number of nitrogens with zero attached hydrogens (tertiary/aromatic N) is 1. The van der Waals surface area contributed by atoms with Gasteiger partial charge in [0.25, 0.3) is 0 Å². The average molecular weight is 215 g/mol. The largest absolute Gasteiger partial charge is 0.478 e. The van der Waals surface area contributed by atoms with Gasteiger partial charge < -0.3 is 14.6 Å². The van der Waals surface area contributed by atoms with Gasteiger partial charge in [0, 0.05) is 0 Å². The predicted molar refractivity (Wildman–Crippen MR) is 50.2 cm³/mol. The molecule has 1 atom stereocenters. The highest BCUT2D eigenvalue weighted by Crippen LogP contribution is 2.23. The van der Waals surface area contributed by atoms with E-state index in [2.05, 4.69) is 6.58 Å². The molecule has 6 heteroatoms. The van der Waals surface area contributed by atoms with Crippen molar-refractivity contribution in [1.82, 2.24) is 4.90 Å². The second kappa shape index (κ2) is 4.31. The number of rotatable bonds is 3. The van der Waals surface area contributed by atoms with Crippen molar-refractivity contribution >= 4 is 12.1 Å². The van der Waals surface area contributed by atoms with Gasteiger partial charge >= 0.3 is 12.1 Å². The van der Waals surface area contributed by atoms with Gasteiger partial charge in [-0.1, -0.05) is 12.7 Å². The van der Waals surface area contributed by atoms with Crippen LogP contribution >= 0.6 is 0 Å². The molecule has 0 bridgehead atoms. The first kappa shape index (κ1) is 11.5. The molecular weight excluding hydrogens is 202 g/mol. The fraction of sp³-hybridized carbons (Fsp3) is 0.556. The minimum absolute atomic E-state index is 0.0467. The number of aliphatic carboxylic acids is 1. The van der Waals surface area contributed by atoms with Crippen LogP contribution in [-0.4, -0.2) is 47.6 Å². The van der Waals surface area contributed by atoms with Gasteiger partial charge in [-0.15, -0.1) is 0 Å². The lowest BCUT2D eigenvalue weighted by atomic mass is 10.2. The van der Waals surface area contributed by atoms with Crippen LogP contribution < -0.4 is 0 Å². The molecule has 0 spiro atoms. The molecule has 6 nitrogen and oxygen atoms in total. The van der Waals surface area contributed by atoms with Crippen molar-refractivity contribution in [2.24, 2.45) is 0 Å². The molecule has 0 radical (unpaired) electrons. The van der Waals surface area contributed by atoms with E-state index in [1.54, 1.807) is 0 Å². The Kier molecular flexibility index (Phi) is 3.31. The SMILES string of the molecule is C=CCOC(=O)N1CCOC1(C)C(=O)O. The Morgan fingerprint density at radius 2 is 2.40 bits per heavy atom. The molecule has 1 unspecified atom stereocenters. The fourth-order valence-corrected chi connectivity index (χ4v) is 1.28. The normalized spacial score (nSPS) is 25.0. The summed E-state index contributed by atoms with van der Waals surface area (Å²) in [6.07, 6.45) is 0.699. The van der Waals surface area contributed by atoms with Crippen molar-refractivity contribution in [2.45, 2.75) is 12.6 Å². The summed E-state index contributed by atoms with van der Waals surface area (Å²) in [5, 5.41) is 8.92. The Morgan fingerprint density at radius 1 is 1.73 bits per heavy atom. The van der Waals surface area contributed by atoms with Gasteiger partial charge in [-0.3, -0.25) is 4.90 Å². The van der Waals surface area contributed by atoms with E-state index in [0.717, 1.165) is 4.90 Å². The Bertz CT molecular complexity index is 290. The number of amides is 1. The number of carbonyl (C=O) groups excluding carboxylic acids is 1. The standard InChI is InChI=1S/C9H13NO5/c1-3-5-14-8(13)10-4-6-15-9(10,2)7(11)12/h3H,1,4-6H2,2H3,(H,11,12). The van der Waals surface area contributed by atoms with Gasteiger partial charge in [0.05, 0.1) is 13.2 Å². The van der Waals surface area contributed by atoms with E-state index in [1.807, 2.05) is 0 Å². The van der Waals surface area contributed by atoms with E-state index < -0.39 is 17.8 Å². The molecule has 84 valence electrons. The molecular formula is C9H13NO5. The van der Waals surface area contributed by atoms with Crippen LogP contribution in [0.15, 0.2) is 12.7 Å². The molecule has 1 fully saturated rings. The van der Waals surface area contributed by atoms with Crippen LogP contribution in [0.25, 0.3) is 0 Å². The first-order chi connectivity index (χ1) is 7.02. The average Bonchev–Trinajstić information content (AvgIpc) is 2.58. The Morgan fingerprint density at radius 3 is 2.93 bits per heavy atom. The zero-order valence-corrected chi connectivity index (χ0v) is 8.43. The molecule has 1 N–H and O–H groups in total. The Labute approximate surface area is 87.1 Å². The number of hydrogen-bond donors (Lipinski definition) is 1. The maximum Gasteiger partial charge on any atom is 0.412 e. The smallest absolute Gasteiger partial charge is 0.412 e. The van der Waals surface area contributed by atoms with Crippen LogP contribution in [0.5, 0.6) is 0 Å². The molecule has 1 saturated heterocycles. The van der Waals surface area contributed by atoms with Crippen molar-refractivity contribution in [3.05, 3.63) is 12.7 Å². The molecule has 0 aromatic carbocycles. The number of carbonyl (C=O) groups is 2. The van der Waals surface area contributed by atoms with Gasteiger partial charge in [-0.25, -0.2) is 9.59 Å². The first-order valence-electron chi connectivity index (χ1n) is 4.45. The maximum absolute atomic E-state index is 11.4. The monoisotopic (exact) mass is 215 g/mol. The highest BCUT2D eigenvalue weighted by molar-refractivity contribution is 5.83. The minimum Gasteiger partial charge on any atom is -0.478 e. The lowest BCUT2D eigenvalue weighted by Gasteiger charge is -2.28. The third-order valence-corrected chi connectivity index (χ3v) is 2.15. The second-order valence-electron chi connectivity index (χ2n) is 3.15. The van der Waals surface area contributed by atoms with E-state index in [4.69, 9.17) is 14.6 Å². The molecule has 0 aromatic heterocycles. The fourth-order valence-electron chi connectivity index (χ4n) is 1.28. The summed E-state index contributed by atoms with van der Waals surface area (Å²) in [7, 11) is 0. The van der Waals surface area contributed by atoms with E-state index in [0.29, 0.717) is 0 Å². The summed E-state index contributed by atoms with van der Waals surface area (Å²) in [5.74, 6) is -1.21. The van der Waals surface area contributed by atoms with Gasteiger partial charge in [0.1, 0.15) is 6.61 Å². The molecule has 0 saturated carbocycles. The summed E-state index contributed by atoms with van der Waals surface area (Å²) in [6.45, 7) is 5.14. The minimum atomic E-state index is -1.63. The van der Waals surface area contributed by atoms with Crippen LogP contribution in [0.1, 0.15) is 6.92 Å². The summed E-state index contributed by atoms with van der Waals surface area (Å²) in [6, 6.07) is 0. The van der Waals surface area contributed by atoms with Crippen LogP contribution in [0.2, 0.25) is 0 Å². The van der Waals surface area contributed by atoms with Crippen LogP contribution in [-0.2, 0) is 14.3 Å². The molecule has 1 aliphatic heterocycles. The van der Waals surface area contributed by atoms with Gasteiger partial charge in [0.2, 0.25) is 5.72 Å². The maximum atomic E-state index is 11.4. The lowest BCUT2D eigenvalue weighted by molar-refractivity contribution is -0.170. The van der Waals surface area contributed by atoms with Crippen molar-refractivity contribution in [3.8, 4) is 0 Å². The van der Waals surface area contributed by atoms with Crippen LogP contribution in [0.3, 0.4) is 0 Å². The number of carboxylic acids is 1. The molecule has 1 aliphatic rings. The van der Waals surface area contributed by atoms with E-state index in [9.17, 15) is 9.59 Å². The predicted octanol–water partition coefficient (Wildman–Crippen LogP) is 0.442. The summed E-state index contributed by atoms with van der Waals surface area (Å²) in [5.41, 5.74) is -1.63.